The second-order valence-electron chi connectivity index (χ2n) is 9.24. The monoisotopic (exact) mass is 499 g/mol. The molecule has 0 fully saturated rings. The Balaban J connectivity index is 1.40. The molecule has 0 saturated heterocycles. The zero-order valence-electron chi connectivity index (χ0n) is 21.2. The van der Waals surface area contributed by atoms with Crippen LogP contribution in [0.3, 0.4) is 0 Å². The third kappa shape index (κ3) is 5.22. The average Bonchev–Trinajstić information content (AvgIpc) is 2.91. The molecule has 0 spiro atoms. The SMILES string of the molecule is CCCOC(=O)c1ccc(Oc2c(C)oc3c4c(ccc3c2=O)OCN(Cc2ccc(C)cc2)C4)cc1. The molecule has 0 unspecified atom stereocenters. The molecular weight excluding hydrogens is 470 g/mol. The Kier molecular flexibility index (Phi) is 6.97. The highest BCUT2D eigenvalue weighted by molar-refractivity contribution is 5.89. The van der Waals surface area contributed by atoms with Gasteiger partial charge in [-0.1, -0.05) is 36.8 Å². The Morgan fingerprint density at radius 1 is 1.00 bits per heavy atom. The highest BCUT2D eigenvalue weighted by Gasteiger charge is 2.24. The van der Waals surface area contributed by atoms with Gasteiger partial charge < -0.3 is 18.6 Å². The summed E-state index contributed by atoms with van der Waals surface area (Å²) in [5.74, 6) is 1.23. The molecule has 7 nitrogen and oxygen atoms in total. The van der Waals surface area contributed by atoms with Crippen molar-refractivity contribution in [2.24, 2.45) is 0 Å². The van der Waals surface area contributed by atoms with E-state index < -0.39 is 5.97 Å². The summed E-state index contributed by atoms with van der Waals surface area (Å²) in [6, 6.07) is 18.4. The van der Waals surface area contributed by atoms with E-state index in [1.54, 1.807) is 37.3 Å². The number of benzene rings is 3. The molecule has 0 atom stereocenters. The van der Waals surface area contributed by atoms with Crippen LogP contribution in [0.15, 0.2) is 69.9 Å². The number of esters is 1. The fourth-order valence-electron chi connectivity index (χ4n) is 4.33. The average molecular weight is 500 g/mol. The van der Waals surface area contributed by atoms with Gasteiger partial charge in [0.25, 0.3) is 0 Å². The van der Waals surface area contributed by atoms with Crippen LogP contribution in [0.4, 0.5) is 0 Å². The molecule has 0 bridgehead atoms. The van der Waals surface area contributed by atoms with E-state index in [1.807, 2.05) is 13.0 Å². The predicted molar refractivity (Wildman–Crippen MR) is 140 cm³/mol. The Morgan fingerprint density at radius 2 is 1.76 bits per heavy atom. The number of rotatable bonds is 7. The van der Waals surface area contributed by atoms with Gasteiger partial charge in [-0.05, 0) is 62.2 Å². The number of carbonyl (C=O) groups excluding carboxylic acids is 1. The smallest absolute Gasteiger partial charge is 0.338 e. The number of ether oxygens (including phenoxy) is 3. The van der Waals surface area contributed by atoms with Crippen molar-refractivity contribution in [3.8, 4) is 17.2 Å². The fraction of sp³-hybridized carbons (Fsp3) is 0.267. The van der Waals surface area contributed by atoms with Gasteiger partial charge in [-0.25, -0.2) is 4.79 Å². The maximum Gasteiger partial charge on any atom is 0.338 e. The minimum atomic E-state index is -0.391. The van der Waals surface area contributed by atoms with Crippen molar-refractivity contribution in [2.45, 2.75) is 40.3 Å². The van der Waals surface area contributed by atoms with Crippen molar-refractivity contribution in [1.29, 1.82) is 0 Å². The van der Waals surface area contributed by atoms with Gasteiger partial charge in [-0.3, -0.25) is 9.69 Å². The Hall–Kier alpha value is -4.10. The van der Waals surface area contributed by atoms with Crippen LogP contribution in [-0.4, -0.2) is 24.2 Å². The topological polar surface area (TPSA) is 78.2 Å². The standard InChI is InChI=1S/C30H29NO6/c1-4-15-34-30(33)22-9-11-23(12-10-22)37-28-20(3)36-29-24(27(28)32)13-14-26-25(29)17-31(18-35-26)16-21-7-5-19(2)6-8-21/h5-14H,4,15-18H2,1-3H3. The van der Waals surface area contributed by atoms with Gasteiger partial charge in [0.15, 0.2) is 0 Å². The summed E-state index contributed by atoms with van der Waals surface area (Å²) in [7, 11) is 0. The van der Waals surface area contributed by atoms with Crippen molar-refractivity contribution in [3.05, 3.63) is 98.9 Å². The molecule has 0 saturated carbocycles. The molecule has 3 aromatic carbocycles. The van der Waals surface area contributed by atoms with Gasteiger partial charge in [0.1, 0.15) is 29.6 Å². The van der Waals surface area contributed by atoms with Crippen LogP contribution in [-0.2, 0) is 17.8 Å². The fourth-order valence-corrected chi connectivity index (χ4v) is 4.33. The number of nitrogens with zero attached hydrogens (tertiary/aromatic N) is 1. The molecule has 0 radical (unpaired) electrons. The van der Waals surface area contributed by atoms with Gasteiger partial charge in [0, 0.05) is 13.1 Å². The summed E-state index contributed by atoms with van der Waals surface area (Å²) in [6.45, 7) is 7.86. The van der Waals surface area contributed by atoms with Crippen LogP contribution in [0.5, 0.6) is 17.2 Å². The number of aryl methyl sites for hydroxylation is 2. The lowest BCUT2D eigenvalue weighted by Crippen LogP contribution is -2.31. The van der Waals surface area contributed by atoms with Crippen LogP contribution < -0.4 is 14.9 Å². The molecule has 2 heterocycles. The van der Waals surface area contributed by atoms with Gasteiger partial charge in [0.2, 0.25) is 11.2 Å². The van der Waals surface area contributed by atoms with Crippen LogP contribution in [0, 0.1) is 13.8 Å². The summed E-state index contributed by atoms with van der Waals surface area (Å²) < 4.78 is 23.2. The van der Waals surface area contributed by atoms with Crippen molar-refractivity contribution in [3.63, 3.8) is 0 Å². The maximum atomic E-state index is 13.4. The summed E-state index contributed by atoms with van der Waals surface area (Å²) in [4.78, 5) is 27.6. The zero-order valence-corrected chi connectivity index (χ0v) is 21.2. The van der Waals surface area contributed by atoms with E-state index in [2.05, 4.69) is 36.1 Å². The number of carbonyl (C=O) groups is 1. The molecule has 0 N–H and O–H groups in total. The third-order valence-corrected chi connectivity index (χ3v) is 6.30. The molecule has 190 valence electrons. The van der Waals surface area contributed by atoms with Crippen molar-refractivity contribution >= 4 is 16.9 Å². The van der Waals surface area contributed by atoms with E-state index in [0.717, 1.165) is 24.3 Å². The summed E-state index contributed by atoms with van der Waals surface area (Å²) in [5.41, 5.74) is 3.92. The molecule has 1 aromatic heterocycles. The Bertz CT molecular complexity index is 1490. The summed E-state index contributed by atoms with van der Waals surface area (Å²) in [6.07, 6.45) is 0.754. The predicted octanol–water partition coefficient (Wildman–Crippen LogP) is 6.12. The van der Waals surface area contributed by atoms with E-state index in [0.29, 0.717) is 47.9 Å². The van der Waals surface area contributed by atoms with E-state index in [1.165, 1.54) is 11.1 Å². The van der Waals surface area contributed by atoms with Gasteiger partial charge in [0.05, 0.1) is 23.1 Å². The quantitative estimate of drug-likeness (QED) is 0.283. The number of fused-ring (bicyclic) bond motifs is 3. The maximum absolute atomic E-state index is 13.4. The molecule has 0 amide bonds. The lowest BCUT2D eigenvalue weighted by Gasteiger charge is -2.29. The second kappa shape index (κ2) is 10.5. The van der Waals surface area contributed by atoms with E-state index >= 15 is 0 Å². The minimum absolute atomic E-state index is 0.113. The van der Waals surface area contributed by atoms with Crippen LogP contribution >= 0.6 is 0 Å². The van der Waals surface area contributed by atoms with Crippen LogP contribution in [0.2, 0.25) is 0 Å². The highest BCUT2D eigenvalue weighted by atomic mass is 16.5. The van der Waals surface area contributed by atoms with Crippen molar-refractivity contribution < 1.29 is 23.4 Å². The molecule has 37 heavy (non-hydrogen) atoms. The van der Waals surface area contributed by atoms with E-state index in [4.69, 9.17) is 18.6 Å². The van der Waals surface area contributed by atoms with Gasteiger partial charge in [-0.2, -0.15) is 0 Å². The lowest BCUT2D eigenvalue weighted by atomic mass is 10.1. The first-order valence-electron chi connectivity index (χ1n) is 12.4. The summed E-state index contributed by atoms with van der Waals surface area (Å²) in [5, 5.41) is 0.430. The zero-order chi connectivity index (χ0) is 25.9. The van der Waals surface area contributed by atoms with Crippen molar-refractivity contribution in [2.75, 3.05) is 13.3 Å². The highest BCUT2D eigenvalue weighted by Crippen LogP contribution is 2.34. The second-order valence-corrected chi connectivity index (χ2v) is 9.24. The third-order valence-electron chi connectivity index (χ3n) is 6.30. The first-order valence-corrected chi connectivity index (χ1v) is 12.4. The van der Waals surface area contributed by atoms with Gasteiger partial charge >= 0.3 is 5.97 Å². The first kappa shape index (κ1) is 24.6. The molecule has 7 heteroatoms. The van der Waals surface area contributed by atoms with E-state index in [-0.39, 0.29) is 11.2 Å². The number of hydrogen-bond acceptors (Lipinski definition) is 7. The first-order chi connectivity index (χ1) is 17.9. The van der Waals surface area contributed by atoms with Crippen molar-refractivity contribution in [1.82, 2.24) is 4.90 Å². The largest absolute Gasteiger partial charge is 0.478 e. The molecular formula is C30H29NO6. The molecule has 0 aliphatic carbocycles. The van der Waals surface area contributed by atoms with E-state index in [9.17, 15) is 9.59 Å². The van der Waals surface area contributed by atoms with Crippen LogP contribution in [0.25, 0.3) is 11.0 Å². The minimum Gasteiger partial charge on any atom is -0.478 e. The Labute approximate surface area is 215 Å². The molecule has 4 aromatic rings. The number of hydrogen-bond donors (Lipinski definition) is 0. The van der Waals surface area contributed by atoms with Gasteiger partial charge in [-0.15, -0.1) is 0 Å². The molecule has 1 aliphatic rings. The van der Waals surface area contributed by atoms with Crippen LogP contribution in [0.1, 0.15) is 46.2 Å². The Morgan fingerprint density at radius 3 is 2.49 bits per heavy atom. The normalized spacial score (nSPS) is 13.2. The lowest BCUT2D eigenvalue weighted by molar-refractivity contribution is 0.0505. The molecule has 1 aliphatic heterocycles. The molecule has 5 rings (SSSR count). The summed E-state index contributed by atoms with van der Waals surface area (Å²) >= 11 is 0.